The summed E-state index contributed by atoms with van der Waals surface area (Å²) in [5, 5.41) is 11.7. The molecular weight excluding hydrogens is 496 g/mol. The second-order valence-corrected chi connectivity index (χ2v) is 11.3. The quantitative estimate of drug-likeness (QED) is 0.290. The van der Waals surface area contributed by atoms with Crippen LogP contribution in [0.4, 0.5) is 0 Å². The van der Waals surface area contributed by atoms with Crippen LogP contribution in [0.2, 0.25) is 0 Å². The van der Waals surface area contributed by atoms with Crippen molar-refractivity contribution < 1.29 is 14.3 Å². The van der Waals surface area contributed by atoms with E-state index in [1.165, 1.54) is 5.56 Å². The summed E-state index contributed by atoms with van der Waals surface area (Å²) in [5.74, 6) is 1.45. The molecule has 5 aromatic rings. The van der Waals surface area contributed by atoms with Gasteiger partial charge < -0.3 is 14.3 Å². The van der Waals surface area contributed by atoms with Crippen molar-refractivity contribution in [2.24, 2.45) is 0 Å². The van der Waals surface area contributed by atoms with Gasteiger partial charge in [-0.25, -0.2) is 9.97 Å². The standard InChI is InChI=1S/C30H32N4O3S/c1-19-17-33(18-29-32-25-15-23(9-11-27(25)37-29)22-7-5-4-6-8-22)13-14-34(19)30(20(2)35)36-24-10-12-28-26(16-24)31-21(3)38-28/h4-12,15-16,19-20,30,35H,13-14,17-18H2,1-3H3/t19-,20+,30?/m0/s1. The van der Waals surface area contributed by atoms with Gasteiger partial charge >= 0.3 is 0 Å². The number of benzene rings is 3. The van der Waals surface area contributed by atoms with Crippen LogP contribution in [-0.2, 0) is 6.54 Å². The number of hydrogen-bond donors (Lipinski definition) is 1. The van der Waals surface area contributed by atoms with Crippen molar-refractivity contribution >= 4 is 32.7 Å². The third-order valence-electron chi connectivity index (χ3n) is 7.12. The van der Waals surface area contributed by atoms with Gasteiger partial charge in [-0.2, -0.15) is 0 Å². The Labute approximate surface area is 226 Å². The van der Waals surface area contributed by atoms with E-state index in [0.29, 0.717) is 6.54 Å². The molecule has 6 rings (SSSR count). The minimum atomic E-state index is -0.646. The number of piperazine rings is 1. The summed E-state index contributed by atoms with van der Waals surface area (Å²) in [6.45, 7) is 9.04. The zero-order valence-corrected chi connectivity index (χ0v) is 22.7. The van der Waals surface area contributed by atoms with Crippen LogP contribution in [0.1, 0.15) is 24.7 Å². The molecule has 0 amide bonds. The number of fused-ring (bicyclic) bond motifs is 2. The Hall–Kier alpha value is -3.30. The van der Waals surface area contributed by atoms with E-state index in [1.807, 2.05) is 49.4 Å². The summed E-state index contributed by atoms with van der Waals surface area (Å²) in [6, 6.07) is 22.6. The van der Waals surface area contributed by atoms with Gasteiger partial charge in [0.05, 0.1) is 21.8 Å². The zero-order chi connectivity index (χ0) is 26.2. The van der Waals surface area contributed by atoms with Crippen molar-refractivity contribution in [3.63, 3.8) is 0 Å². The number of ether oxygens (including phenoxy) is 1. The highest BCUT2D eigenvalue weighted by Gasteiger charge is 2.34. The number of hydrogen-bond acceptors (Lipinski definition) is 8. The molecule has 1 saturated heterocycles. The molecule has 0 radical (unpaired) electrons. The van der Waals surface area contributed by atoms with Crippen molar-refractivity contribution in [1.29, 1.82) is 0 Å². The Morgan fingerprint density at radius 3 is 2.66 bits per heavy atom. The molecule has 7 nitrogen and oxygen atoms in total. The van der Waals surface area contributed by atoms with Gasteiger partial charge in [0.2, 0.25) is 5.89 Å². The average Bonchev–Trinajstić information content (AvgIpc) is 3.48. The average molecular weight is 529 g/mol. The minimum absolute atomic E-state index is 0.183. The fourth-order valence-corrected chi connectivity index (χ4v) is 6.10. The topological polar surface area (TPSA) is 74.9 Å². The normalized spacial score (nSPS) is 18.7. The fraction of sp³-hybridized carbons (Fsp3) is 0.333. The molecule has 0 saturated carbocycles. The van der Waals surface area contributed by atoms with Crippen LogP contribution in [0, 0.1) is 6.92 Å². The van der Waals surface area contributed by atoms with Crippen LogP contribution in [0.3, 0.4) is 0 Å². The van der Waals surface area contributed by atoms with Gasteiger partial charge in [-0.3, -0.25) is 9.80 Å². The van der Waals surface area contributed by atoms with Crippen LogP contribution in [-0.4, -0.2) is 62.9 Å². The summed E-state index contributed by atoms with van der Waals surface area (Å²) in [6.07, 6.45) is -1.09. The van der Waals surface area contributed by atoms with Crippen molar-refractivity contribution in [2.75, 3.05) is 19.6 Å². The summed E-state index contributed by atoms with van der Waals surface area (Å²) >= 11 is 1.67. The molecule has 3 atom stereocenters. The van der Waals surface area contributed by atoms with Crippen molar-refractivity contribution in [3.8, 4) is 16.9 Å². The van der Waals surface area contributed by atoms with Crippen LogP contribution in [0.25, 0.3) is 32.4 Å². The molecule has 196 valence electrons. The number of nitrogens with zero attached hydrogens (tertiary/aromatic N) is 4. The maximum absolute atomic E-state index is 10.6. The van der Waals surface area contributed by atoms with Crippen LogP contribution >= 0.6 is 11.3 Å². The summed E-state index contributed by atoms with van der Waals surface area (Å²) in [5.41, 5.74) is 4.92. The van der Waals surface area contributed by atoms with Crippen molar-refractivity contribution in [1.82, 2.24) is 19.8 Å². The van der Waals surface area contributed by atoms with E-state index >= 15 is 0 Å². The molecule has 0 spiro atoms. The lowest BCUT2D eigenvalue weighted by molar-refractivity contribution is -0.0963. The number of rotatable bonds is 7. The second-order valence-electron chi connectivity index (χ2n) is 10.1. The summed E-state index contributed by atoms with van der Waals surface area (Å²) in [4.78, 5) is 14.0. The maximum Gasteiger partial charge on any atom is 0.209 e. The Morgan fingerprint density at radius 2 is 1.87 bits per heavy atom. The first kappa shape index (κ1) is 25.0. The zero-order valence-electron chi connectivity index (χ0n) is 21.9. The Morgan fingerprint density at radius 1 is 1.03 bits per heavy atom. The third kappa shape index (κ3) is 5.17. The molecule has 0 aliphatic carbocycles. The van der Waals surface area contributed by atoms with Gasteiger partial charge in [-0.1, -0.05) is 36.4 Å². The van der Waals surface area contributed by atoms with Crippen molar-refractivity contribution in [2.45, 2.75) is 45.7 Å². The molecule has 1 aliphatic heterocycles. The highest BCUT2D eigenvalue weighted by Crippen LogP contribution is 2.29. The minimum Gasteiger partial charge on any atom is -0.472 e. The van der Waals surface area contributed by atoms with Crippen LogP contribution in [0.5, 0.6) is 5.75 Å². The van der Waals surface area contributed by atoms with Crippen LogP contribution < -0.4 is 4.74 Å². The van der Waals surface area contributed by atoms with Gasteiger partial charge in [0.25, 0.3) is 0 Å². The lowest BCUT2D eigenvalue weighted by Crippen LogP contribution is -2.59. The monoisotopic (exact) mass is 528 g/mol. The first-order valence-electron chi connectivity index (χ1n) is 13.1. The fourth-order valence-electron chi connectivity index (χ4n) is 5.29. The lowest BCUT2D eigenvalue weighted by Gasteiger charge is -2.44. The van der Waals surface area contributed by atoms with E-state index in [2.05, 4.69) is 46.0 Å². The SMILES string of the molecule is Cc1nc2cc(OC([C@@H](C)O)N3CCN(Cc4nc5cc(-c6ccccc6)ccc5o4)C[C@@H]3C)ccc2s1. The number of aromatic nitrogens is 2. The molecule has 3 heterocycles. The van der Waals surface area contributed by atoms with E-state index in [1.54, 1.807) is 18.3 Å². The highest BCUT2D eigenvalue weighted by molar-refractivity contribution is 7.18. The third-order valence-corrected chi connectivity index (χ3v) is 8.08. The number of thiazole rings is 1. The molecule has 1 fully saturated rings. The molecule has 0 bridgehead atoms. The Balaban J connectivity index is 1.12. The van der Waals surface area contributed by atoms with E-state index < -0.39 is 12.3 Å². The molecule has 3 aromatic carbocycles. The van der Waals surface area contributed by atoms with E-state index in [4.69, 9.17) is 14.1 Å². The molecule has 8 heteroatoms. The van der Waals surface area contributed by atoms with Gasteiger partial charge in [-0.15, -0.1) is 11.3 Å². The molecule has 1 N–H and O–H groups in total. The van der Waals surface area contributed by atoms with E-state index in [0.717, 1.165) is 63.2 Å². The van der Waals surface area contributed by atoms with Gasteiger partial charge in [0, 0.05) is 31.7 Å². The first-order chi connectivity index (χ1) is 18.4. The van der Waals surface area contributed by atoms with E-state index in [9.17, 15) is 5.11 Å². The lowest BCUT2D eigenvalue weighted by atomic mass is 10.1. The van der Waals surface area contributed by atoms with Crippen LogP contribution in [0.15, 0.2) is 71.1 Å². The number of aryl methyl sites for hydroxylation is 1. The molecule has 38 heavy (non-hydrogen) atoms. The smallest absolute Gasteiger partial charge is 0.209 e. The molecule has 1 aliphatic rings. The predicted octanol–water partition coefficient (Wildman–Crippen LogP) is 5.70. The predicted molar refractivity (Wildman–Crippen MR) is 151 cm³/mol. The number of oxazole rings is 1. The summed E-state index contributed by atoms with van der Waals surface area (Å²) < 4.78 is 13.6. The number of aliphatic hydroxyl groups excluding tert-OH is 1. The Kier molecular flexibility index (Phi) is 6.88. The molecule has 2 aromatic heterocycles. The maximum atomic E-state index is 10.6. The molecule has 1 unspecified atom stereocenters. The van der Waals surface area contributed by atoms with Crippen molar-refractivity contribution in [3.05, 3.63) is 77.6 Å². The largest absolute Gasteiger partial charge is 0.472 e. The molecular formula is C30H32N4O3S. The first-order valence-corrected chi connectivity index (χ1v) is 13.9. The number of aliphatic hydroxyl groups is 1. The van der Waals surface area contributed by atoms with Gasteiger partial charge in [0.1, 0.15) is 17.4 Å². The highest BCUT2D eigenvalue weighted by atomic mass is 32.1. The Bertz CT molecular complexity index is 1550. The van der Waals surface area contributed by atoms with E-state index in [-0.39, 0.29) is 6.04 Å². The van der Waals surface area contributed by atoms with Gasteiger partial charge in [-0.05, 0) is 56.2 Å². The van der Waals surface area contributed by atoms with Gasteiger partial charge in [0.15, 0.2) is 11.8 Å². The second kappa shape index (κ2) is 10.5. The summed E-state index contributed by atoms with van der Waals surface area (Å²) in [7, 11) is 0.